The molecule has 5 heteroatoms. The lowest BCUT2D eigenvalue weighted by Crippen LogP contribution is -2.30. The van der Waals surface area contributed by atoms with Crippen molar-refractivity contribution in [3.05, 3.63) is 72.0 Å². The van der Waals surface area contributed by atoms with Gasteiger partial charge in [-0.2, -0.15) is 0 Å². The van der Waals surface area contributed by atoms with Gasteiger partial charge in [-0.3, -0.25) is 0 Å². The maximum Gasteiger partial charge on any atom is 0.163 e. The van der Waals surface area contributed by atoms with Gasteiger partial charge in [-0.15, -0.1) is 0 Å². The number of nitrogens with one attached hydrogen (secondary N) is 1. The van der Waals surface area contributed by atoms with Gasteiger partial charge in [0.1, 0.15) is 17.5 Å². The van der Waals surface area contributed by atoms with E-state index in [0.717, 1.165) is 41.7 Å². The van der Waals surface area contributed by atoms with Gasteiger partial charge >= 0.3 is 0 Å². The first-order valence-corrected chi connectivity index (χ1v) is 9.46. The van der Waals surface area contributed by atoms with E-state index >= 15 is 0 Å². The van der Waals surface area contributed by atoms with Crippen molar-refractivity contribution in [1.82, 2.24) is 9.97 Å². The molecule has 138 valence electrons. The van der Waals surface area contributed by atoms with Crippen LogP contribution in [0.1, 0.15) is 24.8 Å². The highest BCUT2D eigenvalue weighted by Gasteiger charge is 2.15. The first-order valence-electron chi connectivity index (χ1n) is 9.46. The van der Waals surface area contributed by atoms with Crippen molar-refractivity contribution in [3.8, 4) is 11.4 Å². The second-order valence-electron chi connectivity index (χ2n) is 6.83. The molecular formula is C22H23FN4. The first kappa shape index (κ1) is 17.5. The van der Waals surface area contributed by atoms with Crippen LogP contribution in [0.5, 0.6) is 0 Å². The standard InChI is InChI=1S/C22H23FN4/c23-19-11-9-17(10-12-19)16-24-20-15-21(27-13-5-2-6-14-27)26-22(25-20)18-7-3-1-4-8-18/h1,3-4,7-12,15H,2,5-6,13-14,16H2,(H,24,25,26). The zero-order valence-electron chi connectivity index (χ0n) is 15.2. The lowest BCUT2D eigenvalue weighted by Gasteiger charge is -2.28. The van der Waals surface area contributed by atoms with Crippen LogP contribution < -0.4 is 10.2 Å². The van der Waals surface area contributed by atoms with E-state index in [9.17, 15) is 4.39 Å². The minimum Gasteiger partial charge on any atom is -0.366 e. The summed E-state index contributed by atoms with van der Waals surface area (Å²) < 4.78 is 13.1. The minimum absolute atomic E-state index is 0.223. The number of hydrogen-bond donors (Lipinski definition) is 1. The number of rotatable bonds is 5. The molecule has 0 unspecified atom stereocenters. The van der Waals surface area contributed by atoms with E-state index in [2.05, 4.69) is 10.2 Å². The average molecular weight is 362 g/mol. The first-order chi connectivity index (χ1) is 13.3. The Morgan fingerprint density at radius 1 is 0.889 bits per heavy atom. The van der Waals surface area contributed by atoms with E-state index in [0.29, 0.717) is 6.54 Å². The number of aromatic nitrogens is 2. The van der Waals surface area contributed by atoms with Crippen LogP contribution in [-0.2, 0) is 6.54 Å². The molecule has 3 aromatic rings. The van der Waals surface area contributed by atoms with E-state index in [1.807, 2.05) is 36.4 Å². The molecular weight excluding hydrogens is 339 g/mol. The molecule has 0 saturated carbocycles. The number of anilines is 2. The fourth-order valence-corrected chi connectivity index (χ4v) is 3.32. The number of hydrogen-bond acceptors (Lipinski definition) is 4. The quantitative estimate of drug-likeness (QED) is 0.702. The predicted molar refractivity (Wildman–Crippen MR) is 107 cm³/mol. The molecule has 0 amide bonds. The zero-order chi connectivity index (χ0) is 18.5. The molecule has 1 aromatic heterocycles. The summed E-state index contributed by atoms with van der Waals surface area (Å²) in [7, 11) is 0. The third kappa shape index (κ3) is 4.42. The van der Waals surface area contributed by atoms with Crippen molar-refractivity contribution in [1.29, 1.82) is 0 Å². The van der Waals surface area contributed by atoms with Gasteiger partial charge in [0.2, 0.25) is 0 Å². The molecule has 27 heavy (non-hydrogen) atoms. The summed E-state index contributed by atoms with van der Waals surface area (Å²) in [4.78, 5) is 11.9. The van der Waals surface area contributed by atoms with Crippen LogP contribution in [0.2, 0.25) is 0 Å². The molecule has 1 fully saturated rings. The molecule has 1 aliphatic heterocycles. The summed E-state index contributed by atoms with van der Waals surface area (Å²) in [5.74, 6) is 2.25. The van der Waals surface area contributed by atoms with E-state index in [1.54, 1.807) is 12.1 Å². The Kier molecular flexibility index (Phi) is 5.28. The lowest BCUT2D eigenvalue weighted by molar-refractivity contribution is 0.573. The Balaban J connectivity index is 1.61. The summed E-state index contributed by atoms with van der Waals surface area (Å²) in [6.45, 7) is 2.65. The molecule has 0 aliphatic carbocycles. The van der Waals surface area contributed by atoms with Gasteiger partial charge in [-0.05, 0) is 37.0 Å². The number of nitrogens with zero attached hydrogens (tertiary/aromatic N) is 3. The van der Waals surface area contributed by atoms with Gasteiger partial charge in [0, 0.05) is 31.3 Å². The Hall–Kier alpha value is -2.95. The number of halogens is 1. The Morgan fingerprint density at radius 2 is 1.63 bits per heavy atom. The maximum atomic E-state index is 13.1. The molecule has 0 bridgehead atoms. The topological polar surface area (TPSA) is 41.0 Å². The van der Waals surface area contributed by atoms with Gasteiger partial charge in [0.15, 0.2) is 5.82 Å². The fourth-order valence-electron chi connectivity index (χ4n) is 3.32. The molecule has 1 saturated heterocycles. The van der Waals surface area contributed by atoms with Crippen molar-refractivity contribution < 1.29 is 4.39 Å². The third-order valence-corrected chi connectivity index (χ3v) is 4.81. The van der Waals surface area contributed by atoms with E-state index in [1.165, 1.54) is 31.4 Å². The summed E-state index contributed by atoms with van der Waals surface area (Å²) in [5, 5.41) is 3.37. The van der Waals surface area contributed by atoms with E-state index in [4.69, 9.17) is 9.97 Å². The third-order valence-electron chi connectivity index (χ3n) is 4.81. The van der Waals surface area contributed by atoms with Gasteiger partial charge in [0.25, 0.3) is 0 Å². The van der Waals surface area contributed by atoms with Gasteiger partial charge in [0.05, 0.1) is 0 Å². The van der Waals surface area contributed by atoms with Gasteiger partial charge in [-0.1, -0.05) is 42.5 Å². The van der Waals surface area contributed by atoms with Crippen LogP contribution >= 0.6 is 0 Å². The fraction of sp³-hybridized carbons (Fsp3) is 0.273. The smallest absolute Gasteiger partial charge is 0.163 e. The molecule has 0 spiro atoms. The lowest BCUT2D eigenvalue weighted by atomic mass is 10.1. The Labute approximate surface area is 159 Å². The second kappa shape index (κ2) is 8.16. The maximum absolute atomic E-state index is 13.1. The van der Waals surface area contributed by atoms with Crippen LogP contribution in [0.25, 0.3) is 11.4 Å². The molecule has 1 aliphatic rings. The average Bonchev–Trinajstić information content (AvgIpc) is 2.74. The van der Waals surface area contributed by atoms with Crippen LogP contribution in [0, 0.1) is 5.82 Å². The molecule has 2 aromatic carbocycles. The predicted octanol–water partition coefficient (Wildman–Crippen LogP) is 4.89. The highest BCUT2D eigenvalue weighted by molar-refractivity contribution is 5.61. The molecule has 2 heterocycles. The zero-order valence-corrected chi connectivity index (χ0v) is 15.2. The van der Waals surface area contributed by atoms with Crippen molar-refractivity contribution in [2.24, 2.45) is 0 Å². The number of piperidine rings is 1. The Morgan fingerprint density at radius 3 is 2.37 bits per heavy atom. The van der Waals surface area contributed by atoms with E-state index in [-0.39, 0.29) is 5.82 Å². The minimum atomic E-state index is -0.223. The summed E-state index contributed by atoms with van der Waals surface area (Å²) in [5.41, 5.74) is 2.01. The van der Waals surface area contributed by atoms with Crippen LogP contribution in [-0.4, -0.2) is 23.1 Å². The normalized spacial score (nSPS) is 14.2. The van der Waals surface area contributed by atoms with Crippen LogP contribution in [0.15, 0.2) is 60.7 Å². The SMILES string of the molecule is Fc1ccc(CNc2cc(N3CCCCC3)nc(-c3ccccc3)n2)cc1. The molecule has 4 nitrogen and oxygen atoms in total. The number of benzene rings is 2. The summed E-state index contributed by atoms with van der Waals surface area (Å²) >= 11 is 0. The molecule has 0 radical (unpaired) electrons. The van der Waals surface area contributed by atoms with Crippen LogP contribution in [0.3, 0.4) is 0 Å². The highest BCUT2D eigenvalue weighted by atomic mass is 19.1. The van der Waals surface area contributed by atoms with Crippen molar-refractivity contribution in [2.75, 3.05) is 23.3 Å². The van der Waals surface area contributed by atoms with Crippen molar-refractivity contribution >= 4 is 11.6 Å². The van der Waals surface area contributed by atoms with Gasteiger partial charge < -0.3 is 10.2 Å². The van der Waals surface area contributed by atoms with Crippen molar-refractivity contribution in [3.63, 3.8) is 0 Å². The second-order valence-corrected chi connectivity index (χ2v) is 6.83. The Bertz CT molecular complexity index is 875. The largest absolute Gasteiger partial charge is 0.366 e. The molecule has 1 N–H and O–H groups in total. The molecule has 4 rings (SSSR count). The van der Waals surface area contributed by atoms with E-state index < -0.39 is 0 Å². The van der Waals surface area contributed by atoms with Gasteiger partial charge in [-0.25, -0.2) is 14.4 Å². The monoisotopic (exact) mass is 362 g/mol. The van der Waals surface area contributed by atoms with Crippen LogP contribution in [0.4, 0.5) is 16.0 Å². The van der Waals surface area contributed by atoms with Crippen molar-refractivity contribution in [2.45, 2.75) is 25.8 Å². The molecule has 0 atom stereocenters. The highest BCUT2D eigenvalue weighted by Crippen LogP contribution is 2.25. The summed E-state index contributed by atoms with van der Waals surface area (Å²) in [6.07, 6.45) is 3.68. The summed E-state index contributed by atoms with van der Waals surface area (Å²) in [6, 6.07) is 18.6.